The van der Waals surface area contributed by atoms with E-state index in [1.54, 1.807) is 6.20 Å². The Labute approximate surface area is 118 Å². The maximum atomic E-state index is 12.5. The number of aromatic nitrogens is 1. The molecule has 4 nitrogen and oxygen atoms in total. The fourth-order valence-corrected chi connectivity index (χ4v) is 3.84. The zero-order valence-electron chi connectivity index (χ0n) is 11.5. The lowest BCUT2D eigenvalue weighted by atomic mass is 10.1. The molecular formula is C14H21N3OS. The van der Waals surface area contributed by atoms with E-state index in [9.17, 15) is 4.79 Å². The monoisotopic (exact) mass is 279 g/mol. The first-order valence-corrected chi connectivity index (χ1v) is 7.99. The van der Waals surface area contributed by atoms with Crippen molar-refractivity contribution in [3.63, 3.8) is 0 Å². The molecule has 2 saturated heterocycles. The van der Waals surface area contributed by atoms with Crippen LogP contribution in [0, 0.1) is 6.92 Å². The van der Waals surface area contributed by atoms with Gasteiger partial charge in [0.25, 0.3) is 0 Å². The number of hydrogen-bond acceptors (Lipinski definition) is 5. The summed E-state index contributed by atoms with van der Waals surface area (Å²) in [6.07, 6.45) is 6.54. The summed E-state index contributed by atoms with van der Waals surface area (Å²) in [5.74, 6) is 0.231. The number of thiazole rings is 1. The van der Waals surface area contributed by atoms with E-state index >= 15 is 0 Å². The van der Waals surface area contributed by atoms with E-state index in [2.05, 4.69) is 14.8 Å². The van der Waals surface area contributed by atoms with Gasteiger partial charge >= 0.3 is 0 Å². The summed E-state index contributed by atoms with van der Waals surface area (Å²) in [5, 5.41) is 0.691. The fraction of sp³-hybridized carbons (Fsp3) is 0.714. The Morgan fingerprint density at radius 1 is 1.37 bits per heavy atom. The molecule has 1 aromatic heterocycles. The average molecular weight is 279 g/mol. The van der Waals surface area contributed by atoms with Gasteiger partial charge in [0.15, 0.2) is 5.01 Å². The quantitative estimate of drug-likeness (QED) is 0.791. The number of carbonyl (C=O) groups is 1. The molecule has 0 aliphatic carbocycles. The minimum Gasteiger partial charge on any atom is -0.290 e. The molecule has 19 heavy (non-hydrogen) atoms. The highest BCUT2D eigenvalue weighted by Crippen LogP contribution is 2.24. The van der Waals surface area contributed by atoms with Crippen LogP contribution in [0.4, 0.5) is 0 Å². The highest BCUT2D eigenvalue weighted by atomic mass is 32.1. The smallest absolute Gasteiger partial charge is 0.208 e. The predicted octanol–water partition coefficient (Wildman–Crippen LogP) is 2.15. The van der Waals surface area contributed by atoms with Gasteiger partial charge in [0, 0.05) is 17.6 Å². The van der Waals surface area contributed by atoms with Crippen molar-refractivity contribution in [3.8, 4) is 0 Å². The van der Waals surface area contributed by atoms with Crippen LogP contribution in [0.2, 0.25) is 0 Å². The number of rotatable bonds is 4. The van der Waals surface area contributed by atoms with Crippen LogP contribution < -0.4 is 0 Å². The molecule has 0 spiro atoms. The maximum Gasteiger partial charge on any atom is 0.208 e. The number of likely N-dealkylation sites (tertiary alicyclic amines) is 2. The second-order valence-corrected chi connectivity index (χ2v) is 6.81. The molecule has 0 aromatic carbocycles. The van der Waals surface area contributed by atoms with E-state index in [1.165, 1.54) is 37.3 Å². The molecule has 3 rings (SSSR count). The Morgan fingerprint density at radius 2 is 2.16 bits per heavy atom. The van der Waals surface area contributed by atoms with E-state index in [4.69, 9.17) is 0 Å². The summed E-state index contributed by atoms with van der Waals surface area (Å²) < 4.78 is 0. The first kappa shape index (κ1) is 13.2. The van der Waals surface area contributed by atoms with E-state index in [1.807, 2.05) is 6.92 Å². The van der Waals surface area contributed by atoms with Gasteiger partial charge in [-0.25, -0.2) is 4.98 Å². The lowest BCUT2D eigenvalue weighted by molar-refractivity contribution is 0.0790. The van der Waals surface area contributed by atoms with E-state index in [-0.39, 0.29) is 11.8 Å². The summed E-state index contributed by atoms with van der Waals surface area (Å²) >= 11 is 1.53. The summed E-state index contributed by atoms with van der Waals surface area (Å²) in [7, 11) is 0. The predicted molar refractivity (Wildman–Crippen MR) is 76.6 cm³/mol. The van der Waals surface area contributed by atoms with Gasteiger partial charge in [-0.15, -0.1) is 11.3 Å². The number of Topliss-reactive ketones (excluding diaryl/α,β-unsaturated/α-hetero) is 1. The van der Waals surface area contributed by atoms with Gasteiger partial charge in [-0.2, -0.15) is 0 Å². The van der Waals surface area contributed by atoms with Gasteiger partial charge in [0.1, 0.15) is 0 Å². The van der Waals surface area contributed by atoms with Crippen LogP contribution >= 0.6 is 11.3 Å². The molecule has 1 unspecified atom stereocenters. The fourth-order valence-electron chi connectivity index (χ4n) is 3.08. The summed E-state index contributed by atoms with van der Waals surface area (Å²) in [4.78, 5) is 22.7. The lowest BCUT2D eigenvalue weighted by Crippen LogP contribution is -2.42. The van der Waals surface area contributed by atoms with Crippen LogP contribution in [0.15, 0.2) is 6.20 Å². The van der Waals surface area contributed by atoms with Crippen LogP contribution in [0.5, 0.6) is 0 Å². The molecule has 5 heteroatoms. The normalized spacial score (nSPS) is 25.2. The van der Waals surface area contributed by atoms with E-state index in [0.29, 0.717) is 5.01 Å². The van der Waals surface area contributed by atoms with Crippen molar-refractivity contribution in [2.24, 2.45) is 0 Å². The highest BCUT2D eigenvalue weighted by Gasteiger charge is 2.33. The third kappa shape index (κ3) is 2.88. The zero-order chi connectivity index (χ0) is 13.2. The topological polar surface area (TPSA) is 36.4 Å². The molecule has 1 atom stereocenters. The molecule has 0 bridgehead atoms. The first-order valence-electron chi connectivity index (χ1n) is 7.17. The van der Waals surface area contributed by atoms with Crippen LogP contribution in [0.1, 0.15) is 40.4 Å². The average Bonchev–Trinajstić information content (AvgIpc) is 3.10. The molecule has 1 aromatic rings. The standard InChI is InChI=1S/C14H21N3OS/c1-11-9-15-14(19-11)13(18)12-5-4-8-17(12)10-16-6-2-3-7-16/h9,12H,2-8,10H2,1H3. The van der Waals surface area contributed by atoms with Gasteiger partial charge in [0.05, 0.1) is 12.7 Å². The van der Waals surface area contributed by atoms with Gasteiger partial charge in [-0.1, -0.05) is 0 Å². The minimum atomic E-state index is 0.0613. The second kappa shape index (κ2) is 5.69. The Bertz CT molecular complexity index is 453. The van der Waals surface area contributed by atoms with Crippen LogP contribution in [0.3, 0.4) is 0 Å². The van der Waals surface area contributed by atoms with Gasteiger partial charge in [-0.3, -0.25) is 14.6 Å². The molecule has 2 aliphatic rings. The van der Waals surface area contributed by atoms with Crippen molar-refractivity contribution in [2.45, 2.75) is 38.6 Å². The van der Waals surface area contributed by atoms with Crippen molar-refractivity contribution in [3.05, 3.63) is 16.1 Å². The molecular weight excluding hydrogens is 258 g/mol. The van der Waals surface area contributed by atoms with Crippen molar-refractivity contribution in [2.75, 3.05) is 26.3 Å². The first-order chi connectivity index (χ1) is 9.24. The number of carbonyl (C=O) groups excluding carboxylic acids is 1. The second-order valence-electron chi connectivity index (χ2n) is 5.58. The van der Waals surface area contributed by atoms with Gasteiger partial charge in [-0.05, 0) is 45.7 Å². The summed E-state index contributed by atoms with van der Waals surface area (Å²) in [6, 6.07) is 0.0613. The SMILES string of the molecule is Cc1cnc(C(=O)C2CCCN2CN2CCCC2)s1. The minimum absolute atomic E-state index is 0.0613. The molecule has 104 valence electrons. The maximum absolute atomic E-state index is 12.5. The number of hydrogen-bond donors (Lipinski definition) is 0. The Balaban J connectivity index is 1.66. The van der Waals surface area contributed by atoms with Gasteiger partial charge < -0.3 is 0 Å². The molecule has 0 amide bonds. The van der Waals surface area contributed by atoms with Crippen molar-refractivity contribution in [1.82, 2.24) is 14.8 Å². The van der Waals surface area contributed by atoms with Crippen molar-refractivity contribution >= 4 is 17.1 Å². The third-order valence-corrected chi connectivity index (χ3v) is 5.01. The highest BCUT2D eigenvalue weighted by molar-refractivity contribution is 7.13. The summed E-state index contributed by atoms with van der Waals surface area (Å²) in [5.41, 5.74) is 0. The molecule has 0 N–H and O–H groups in total. The van der Waals surface area contributed by atoms with Crippen LogP contribution in [0.25, 0.3) is 0 Å². The van der Waals surface area contributed by atoms with E-state index in [0.717, 1.165) is 30.9 Å². The van der Waals surface area contributed by atoms with Crippen LogP contribution in [-0.2, 0) is 0 Å². The Hall–Kier alpha value is -0.780. The molecule has 2 aliphatic heterocycles. The van der Waals surface area contributed by atoms with E-state index < -0.39 is 0 Å². The zero-order valence-corrected chi connectivity index (χ0v) is 12.3. The number of nitrogens with zero attached hydrogens (tertiary/aromatic N) is 3. The molecule has 0 radical (unpaired) electrons. The molecule has 3 heterocycles. The Morgan fingerprint density at radius 3 is 2.84 bits per heavy atom. The largest absolute Gasteiger partial charge is 0.290 e. The third-order valence-electron chi connectivity index (χ3n) is 4.08. The number of aryl methyl sites for hydroxylation is 1. The summed E-state index contributed by atoms with van der Waals surface area (Å²) in [6.45, 7) is 6.39. The van der Waals surface area contributed by atoms with Crippen molar-refractivity contribution < 1.29 is 4.79 Å². The van der Waals surface area contributed by atoms with Crippen LogP contribution in [-0.4, -0.2) is 52.9 Å². The Kier molecular flexibility index (Phi) is 3.96. The lowest BCUT2D eigenvalue weighted by Gasteiger charge is -2.27. The molecule has 0 saturated carbocycles. The molecule has 2 fully saturated rings. The number of ketones is 1. The van der Waals surface area contributed by atoms with Gasteiger partial charge in [0.2, 0.25) is 5.78 Å². The van der Waals surface area contributed by atoms with Crippen molar-refractivity contribution in [1.29, 1.82) is 0 Å².